The summed E-state index contributed by atoms with van der Waals surface area (Å²) in [6, 6.07) is 0.168. The first-order valence-corrected chi connectivity index (χ1v) is 17.8. The zero-order valence-corrected chi connectivity index (χ0v) is 28.8. The van der Waals surface area contributed by atoms with E-state index < -0.39 is 29.9 Å². The Balaban J connectivity index is 1.14. The Bertz CT molecular complexity index is 1230. The van der Waals surface area contributed by atoms with Crippen LogP contribution in [0.2, 0.25) is 0 Å². The van der Waals surface area contributed by atoms with E-state index in [0.29, 0.717) is 18.3 Å². The van der Waals surface area contributed by atoms with Crippen molar-refractivity contribution in [2.24, 2.45) is 50.7 Å². The molecule has 1 amide bonds. The van der Waals surface area contributed by atoms with Crippen LogP contribution in [0.4, 0.5) is 4.79 Å². The third kappa shape index (κ3) is 4.24. The number of aliphatic hydroxyl groups is 2. The van der Waals surface area contributed by atoms with Crippen molar-refractivity contribution in [1.29, 1.82) is 0 Å². The molecule has 9 nitrogen and oxygen atoms in total. The molecule has 7 aliphatic rings. The van der Waals surface area contributed by atoms with Crippen LogP contribution in [0.3, 0.4) is 0 Å². The van der Waals surface area contributed by atoms with Crippen molar-refractivity contribution in [3.05, 3.63) is 0 Å². The van der Waals surface area contributed by atoms with Crippen LogP contribution in [0.1, 0.15) is 107 Å². The van der Waals surface area contributed by atoms with Crippen LogP contribution in [0, 0.1) is 50.7 Å². The predicted molar refractivity (Wildman–Crippen MR) is 168 cm³/mol. The lowest BCUT2D eigenvalue weighted by Crippen LogP contribution is -2.60. The molecular formula is C36H58N2O7. The predicted octanol–water partition coefficient (Wildman–Crippen LogP) is 4.57. The van der Waals surface area contributed by atoms with Crippen LogP contribution in [0.15, 0.2) is 0 Å². The summed E-state index contributed by atoms with van der Waals surface area (Å²) in [5.74, 6) is 0.904. The number of amides is 1. The SMILES string of the molecule is CC(=O)O[C@@H]([C@@H]1C[C@@H](C)[C@H]2[C@H](O1)[C@H](O)[C@@]1(C)[C@@H]3CC[C@H]4C(C)(C)[C@@H](OC(=O)NC5CNC5)CC[C@@]45C[C@@]35CC[C@]21C)C(C)(C)O. The van der Waals surface area contributed by atoms with Crippen LogP contribution in [0.25, 0.3) is 0 Å². The average molecular weight is 631 g/mol. The van der Waals surface area contributed by atoms with Gasteiger partial charge >= 0.3 is 12.1 Å². The molecule has 7 rings (SSSR count). The van der Waals surface area contributed by atoms with Crippen LogP contribution in [-0.2, 0) is 19.0 Å². The minimum atomic E-state index is -1.26. The Morgan fingerprint density at radius 3 is 2.31 bits per heavy atom. The Hall–Kier alpha value is -1.42. The van der Waals surface area contributed by atoms with E-state index in [4.69, 9.17) is 14.2 Å². The van der Waals surface area contributed by atoms with Gasteiger partial charge in [-0.25, -0.2) is 4.79 Å². The summed E-state index contributed by atoms with van der Waals surface area (Å²) in [6.07, 6.45) is 5.66. The second-order valence-electron chi connectivity index (χ2n) is 18.1. The van der Waals surface area contributed by atoms with E-state index in [-0.39, 0.29) is 63.3 Å². The molecule has 7 fully saturated rings. The average Bonchev–Trinajstić information content (AvgIpc) is 3.55. The molecule has 0 bridgehead atoms. The topological polar surface area (TPSA) is 126 Å². The molecule has 0 aromatic carbocycles. The molecule has 45 heavy (non-hydrogen) atoms. The Kier molecular flexibility index (Phi) is 7.18. The lowest BCUT2D eigenvalue weighted by molar-refractivity contribution is -0.216. The summed E-state index contributed by atoms with van der Waals surface area (Å²) in [6.45, 7) is 18.1. The maximum absolute atomic E-state index is 12.8. The van der Waals surface area contributed by atoms with Crippen LogP contribution in [-0.4, -0.2) is 77.5 Å². The van der Waals surface area contributed by atoms with Crippen LogP contribution in [0.5, 0.6) is 0 Å². The van der Waals surface area contributed by atoms with Gasteiger partial charge in [-0.2, -0.15) is 0 Å². The number of carbonyl (C=O) groups is 2. The van der Waals surface area contributed by atoms with Gasteiger partial charge < -0.3 is 35.1 Å². The molecule has 2 aliphatic heterocycles. The standard InChI is InChI=1S/C36H58N2O7/c1-19-15-22(29(32(5,6)42)43-20(2)39)44-27-26(19)33(7)13-14-36-18-35(36)12-11-25(45-30(41)38-21-16-37-17-21)31(3,4)23(35)9-10-24(36)34(33,8)28(27)40/h19,21-29,37,40,42H,9-18H2,1-8H3,(H,38,41)/t19-,22+,23+,24+,25+,26+,27+,28+,29+,33-,34-,35-,36+/m1/s1. The van der Waals surface area contributed by atoms with E-state index in [1.54, 1.807) is 13.8 Å². The van der Waals surface area contributed by atoms with Crippen molar-refractivity contribution in [3.63, 3.8) is 0 Å². The monoisotopic (exact) mass is 630 g/mol. The number of hydrogen-bond donors (Lipinski definition) is 4. The fourth-order valence-electron chi connectivity index (χ4n) is 13.3. The smallest absolute Gasteiger partial charge is 0.407 e. The first-order valence-electron chi connectivity index (χ1n) is 17.8. The van der Waals surface area contributed by atoms with Gasteiger partial charge in [0, 0.05) is 30.8 Å². The molecule has 9 heteroatoms. The third-order valence-electron chi connectivity index (χ3n) is 15.4. The largest absolute Gasteiger partial charge is 0.457 e. The lowest BCUT2D eigenvalue weighted by atomic mass is 9.41. The molecule has 0 aromatic heterocycles. The van der Waals surface area contributed by atoms with E-state index >= 15 is 0 Å². The first kappa shape index (κ1) is 32.1. The molecule has 5 aliphatic carbocycles. The molecule has 0 aromatic rings. The number of aliphatic hydroxyl groups excluding tert-OH is 1. The van der Waals surface area contributed by atoms with Gasteiger partial charge in [-0.1, -0.05) is 34.6 Å². The van der Waals surface area contributed by atoms with Gasteiger partial charge in [-0.05, 0) is 105 Å². The molecule has 2 spiro atoms. The van der Waals surface area contributed by atoms with Gasteiger partial charge in [-0.15, -0.1) is 0 Å². The number of carbonyl (C=O) groups excluding carboxylic acids is 2. The van der Waals surface area contributed by atoms with Crippen molar-refractivity contribution in [3.8, 4) is 0 Å². The lowest BCUT2D eigenvalue weighted by Gasteiger charge is -2.63. The van der Waals surface area contributed by atoms with E-state index in [1.165, 1.54) is 19.8 Å². The van der Waals surface area contributed by atoms with Crippen molar-refractivity contribution in [2.45, 2.75) is 149 Å². The number of hydrogen-bond acceptors (Lipinski definition) is 8. The van der Waals surface area contributed by atoms with Crippen LogP contribution >= 0.6 is 0 Å². The maximum Gasteiger partial charge on any atom is 0.407 e. The molecule has 0 radical (unpaired) electrons. The number of alkyl carbamates (subject to hydrolysis) is 1. The number of nitrogens with one attached hydrogen (secondary N) is 2. The quantitative estimate of drug-likeness (QED) is 0.326. The van der Waals surface area contributed by atoms with Gasteiger partial charge in [-0.3, -0.25) is 4.79 Å². The zero-order valence-electron chi connectivity index (χ0n) is 28.8. The summed E-state index contributed by atoms with van der Waals surface area (Å²) >= 11 is 0. The molecule has 13 atom stereocenters. The highest BCUT2D eigenvalue weighted by Crippen LogP contribution is 2.89. The highest BCUT2D eigenvalue weighted by Gasteiger charge is 2.84. The van der Waals surface area contributed by atoms with Crippen molar-refractivity contribution in [2.75, 3.05) is 13.1 Å². The summed E-state index contributed by atoms with van der Waals surface area (Å²) in [5, 5.41) is 29.7. The zero-order chi connectivity index (χ0) is 32.5. The summed E-state index contributed by atoms with van der Waals surface area (Å²) in [4.78, 5) is 24.8. The van der Waals surface area contributed by atoms with Crippen molar-refractivity contribution < 1.29 is 34.0 Å². The van der Waals surface area contributed by atoms with E-state index in [0.717, 1.165) is 45.2 Å². The summed E-state index contributed by atoms with van der Waals surface area (Å²) in [5.41, 5.74) is -1.32. The van der Waals surface area contributed by atoms with Crippen LogP contribution < -0.4 is 10.6 Å². The molecule has 0 unspecified atom stereocenters. The summed E-state index contributed by atoms with van der Waals surface area (Å²) < 4.78 is 18.6. The highest BCUT2D eigenvalue weighted by molar-refractivity contribution is 5.68. The second-order valence-corrected chi connectivity index (χ2v) is 18.1. The molecule has 5 saturated carbocycles. The normalized spacial score (nSPS) is 50.4. The van der Waals surface area contributed by atoms with Gasteiger partial charge in [0.25, 0.3) is 0 Å². The number of esters is 1. The van der Waals surface area contributed by atoms with Gasteiger partial charge in [0.05, 0.1) is 30.0 Å². The maximum atomic E-state index is 12.8. The number of rotatable bonds is 5. The first-order chi connectivity index (χ1) is 20.9. The molecule has 4 N–H and O–H groups in total. The molecular weight excluding hydrogens is 572 g/mol. The fourth-order valence-corrected chi connectivity index (χ4v) is 13.3. The Morgan fingerprint density at radius 1 is 1.02 bits per heavy atom. The van der Waals surface area contributed by atoms with E-state index in [9.17, 15) is 19.8 Å². The van der Waals surface area contributed by atoms with E-state index in [1.807, 2.05) is 0 Å². The van der Waals surface area contributed by atoms with Gasteiger partial charge in [0.1, 0.15) is 6.10 Å². The fraction of sp³-hybridized carbons (Fsp3) is 0.944. The highest BCUT2D eigenvalue weighted by atomic mass is 16.6. The van der Waals surface area contributed by atoms with Crippen molar-refractivity contribution >= 4 is 12.1 Å². The Morgan fingerprint density at radius 2 is 1.69 bits per heavy atom. The molecule has 2 heterocycles. The number of fused-ring (bicyclic) bond motifs is 4. The Labute approximate surface area is 269 Å². The third-order valence-corrected chi connectivity index (χ3v) is 15.4. The minimum Gasteiger partial charge on any atom is -0.457 e. The molecule has 2 saturated heterocycles. The number of ether oxygens (including phenoxy) is 3. The summed E-state index contributed by atoms with van der Waals surface area (Å²) in [7, 11) is 0. The second kappa shape index (κ2) is 10.1. The van der Waals surface area contributed by atoms with Gasteiger partial charge in [0.2, 0.25) is 0 Å². The minimum absolute atomic E-state index is 0.0794. The van der Waals surface area contributed by atoms with Crippen molar-refractivity contribution in [1.82, 2.24) is 10.6 Å². The van der Waals surface area contributed by atoms with E-state index in [2.05, 4.69) is 45.3 Å². The van der Waals surface area contributed by atoms with Gasteiger partial charge in [0.15, 0.2) is 6.10 Å². The molecule has 254 valence electrons.